The highest BCUT2D eigenvalue weighted by molar-refractivity contribution is 6.30. The van der Waals surface area contributed by atoms with E-state index in [-0.39, 0.29) is 18.7 Å². The highest BCUT2D eigenvalue weighted by Crippen LogP contribution is 2.31. The zero-order chi connectivity index (χ0) is 28.7. The number of halogens is 4. The number of methoxy groups -OCH3 is 2. The molecule has 0 bridgehead atoms. The first-order valence-corrected chi connectivity index (χ1v) is 12.7. The maximum Gasteiger partial charge on any atom is 0.416 e. The first-order chi connectivity index (χ1) is 19.2. The number of nitrogens with zero attached hydrogens (tertiary/aromatic N) is 1. The van der Waals surface area contributed by atoms with Crippen LogP contribution in [-0.4, -0.2) is 31.6 Å². The summed E-state index contributed by atoms with van der Waals surface area (Å²) >= 11 is 5.95. The summed E-state index contributed by atoms with van der Waals surface area (Å²) in [6.07, 6.45) is -4.12. The van der Waals surface area contributed by atoms with Gasteiger partial charge in [0.2, 0.25) is 0 Å². The van der Waals surface area contributed by atoms with E-state index in [0.29, 0.717) is 34.4 Å². The second-order valence-electron chi connectivity index (χ2n) is 8.95. The molecule has 208 valence electrons. The molecule has 1 amide bonds. The molecule has 9 heteroatoms. The van der Waals surface area contributed by atoms with E-state index in [4.69, 9.17) is 25.8 Å². The van der Waals surface area contributed by atoms with E-state index >= 15 is 0 Å². The van der Waals surface area contributed by atoms with Crippen LogP contribution in [0.25, 0.3) is 0 Å². The molecule has 5 nitrogen and oxygen atoms in total. The van der Waals surface area contributed by atoms with Crippen LogP contribution in [0.15, 0.2) is 91.0 Å². The van der Waals surface area contributed by atoms with Gasteiger partial charge >= 0.3 is 6.18 Å². The predicted octanol–water partition coefficient (Wildman–Crippen LogP) is 8.05. The fraction of sp³-hybridized carbons (Fsp3) is 0.194. The summed E-state index contributed by atoms with van der Waals surface area (Å²) in [6.45, 7) is 0.396. The van der Waals surface area contributed by atoms with Gasteiger partial charge in [0, 0.05) is 23.7 Å². The van der Waals surface area contributed by atoms with Gasteiger partial charge in [-0.2, -0.15) is 13.2 Å². The molecule has 0 aliphatic heterocycles. The Bertz CT molecular complexity index is 1460. The molecule has 0 aliphatic rings. The minimum absolute atomic E-state index is 0.0456. The molecule has 0 aliphatic carbocycles. The lowest BCUT2D eigenvalue weighted by atomic mass is 10.1. The zero-order valence-corrected chi connectivity index (χ0v) is 22.6. The van der Waals surface area contributed by atoms with Crippen molar-refractivity contribution in [3.8, 4) is 23.0 Å². The molecule has 0 saturated heterocycles. The maximum absolute atomic E-state index is 13.6. The van der Waals surface area contributed by atoms with Crippen molar-refractivity contribution in [2.24, 2.45) is 0 Å². The number of ether oxygens (including phenoxy) is 3. The Morgan fingerprint density at radius 3 is 2.23 bits per heavy atom. The molecule has 40 heavy (non-hydrogen) atoms. The van der Waals surface area contributed by atoms with Crippen LogP contribution >= 0.6 is 11.6 Å². The van der Waals surface area contributed by atoms with E-state index in [9.17, 15) is 18.0 Å². The minimum atomic E-state index is -4.56. The molecule has 0 N–H and O–H groups in total. The van der Waals surface area contributed by atoms with E-state index in [1.807, 2.05) is 18.2 Å². The molecule has 4 aromatic rings. The Morgan fingerprint density at radius 2 is 1.52 bits per heavy atom. The van der Waals surface area contributed by atoms with Crippen molar-refractivity contribution in [2.45, 2.75) is 19.1 Å². The van der Waals surface area contributed by atoms with Gasteiger partial charge in [0.25, 0.3) is 5.91 Å². The summed E-state index contributed by atoms with van der Waals surface area (Å²) in [4.78, 5) is 15.1. The molecule has 0 fully saturated rings. The number of amides is 1. The van der Waals surface area contributed by atoms with Gasteiger partial charge in [-0.15, -0.1) is 0 Å². The largest absolute Gasteiger partial charge is 0.493 e. The second-order valence-corrected chi connectivity index (χ2v) is 9.38. The number of alkyl halides is 3. The minimum Gasteiger partial charge on any atom is -0.493 e. The summed E-state index contributed by atoms with van der Waals surface area (Å²) < 4.78 is 56.7. The predicted molar refractivity (Wildman–Crippen MR) is 147 cm³/mol. The summed E-state index contributed by atoms with van der Waals surface area (Å²) in [7, 11) is 3.07. The Kier molecular flexibility index (Phi) is 9.22. The van der Waals surface area contributed by atoms with Gasteiger partial charge in [0.05, 0.1) is 19.8 Å². The topological polar surface area (TPSA) is 48.0 Å². The Hall–Kier alpha value is -4.17. The van der Waals surface area contributed by atoms with E-state index in [0.717, 1.165) is 23.3 Å². The van der Waals surface area contributed by atoms with Crippen molar-refractivity contribution in [3.63, 3.8) is 0 Å². The van der Waals surface area contributed by atoms with Crippen molar-refractivity contribution in [1.82, 2.24) is 4.90 Å². The maximum atomic E-state index is 13.6. The van der Waals surface area contributed by atoms with Gasteiger partial charge in [-0.05, 0) is 84.3 Å². The van der Waals surface area contributed by atoms with Crippen molar-refractivity contribution < 1.29 is 32.2 Å². The van der Waals surface area contributed by atoms with Crippen LogP contribution in [0.1, 0.15) is 27.0 Å². The van der Waals surface area contributed by atoms with Crippen LogP contribution in [0.5, 0.6) is 23.0 Å². The lowest BCUT2D eigenvalue weighted by Crippen LogP contribution is -2.32. The summed E-state index contributed by atoms with van der Waals surface area (Å²) in [5.41, 5.74) is 0.700. The third-order valence-electron chi connectivity index (χ3n) is 6.16. The number of hydrogen-bond acceptors (Lipinski definition) is 4. The first kappa shape index (κ1) is 28.8. The van der Waals surface area contributed by atoms with Gasteiger partial charge in [-0.1, -0.05) is 35.9 Å². The number of carbonyl (C=O) groups excluding carboxylic acids is 1. The van der Waals surface area contributed by atoms with Crippen molar-refractivity contribution in [1.29, 1.82) is 0 Å². The monoisotopic (exact) mass is 569 g/mol. The number of hydrogen-bond donors (Lipinski definition) is 0. The van der Waals surface area contributed by atoms with Gasteiger partial charge in [-0.3, -0.25) is 4.79 Å². The van der Waals surface area contributed by atoms with Gasteiger partial charge in [-0.25, -0.2) is 0 Å². The van der Waals surface area contributed by atoms with Crippen LogP contribution in [0.4, 0.5) is 13.2 Å². The summed E-state index contributed by atoms with van der Waals surface area (Å²) in [6, 6.07) is 24.0. The lowest BCUT2D eigenvalue weighted by Gasteiger charge is -2.24. The summed E-state index contributed by atoms with van der Waals surface area (Å²) in [5.74, 6) is 1.73. The molecule has 0 aromatic heterocycles. The normalized spacial score (nSPS) is 11.2. The van der Waals surface area contributed by atoms with Crippen LogP contribution in [-0.2, 0) is 19.1 Å². The fourth-order valence-corrected chi connectivity index (χ4v) is 4.26. The first-order valence-electron chi connectivity index (χ1n) is 12.4. The Balaban J connectivity index is 1.59. The standard InChI is InChI=1S/C31H27ClF3NO4/c1-38-28-14-9-21(18-29(28)39-2)15-16-36(30(37)23-6-4-7-24(19-23)31(33,34)35)20-22-5-3-8-27(17-22)40-26-12-10-25(32)11-13-26/h3-14,17-19H,15-16,20H2,1-2H3. The Morgan fingerprint density at radius 1 is 0.800 bits per heavy atom. The second kappa shape index (κ2) is 12.8. The average Bonchev–Trinajstić information content (AvgIpc) is 2.95. The van der Waals surface area contributed by atoms with E-state index in [2.05, 4.69) is 0 Å². The summed E-state index contributed by atoms with van der Waals surface area (Å²) in [5, 5.41) is 0.583. The van der Waals surface area contributed by atoms with Crippen molar-refractivity contribution in [3.05, 3.63) is 118 Å². The number of rotatable bonds is 10. The van der Waals surface area contributed by atoms with Crippen molar-refractivity contribution >= 4 is 17.5 Å². The third-order valence-corrected chi connectivity index (χ3v) is 6.42. The van der Waals surface area contributed by atoms with Crippen LogP contribution < -0.4 is 14.2 Å². The van der Waals surface area contributed by atoms with Crippen LogP contribution in [0.2, 0.25) is 5.02 Å². The molecule has 0 heterocycles. The molecule has 4 aromatic carbocycles. The van der Waals surface area contributed by atoms with E-state index in [1.165, 1.54) is 31.3 Å². The van der Waals surface area contributed by atoms with Gasteiger partial charge in [0.1, 0.15) is 11.5 Å². The molecular formula is C31H27ClF3NO4. The van der Waals surface area contributed by atoms with Gasteiger partial charge < -0.3 is 19.1 Å². The van der Waals surface area contributed by atoms with E-state index < -0.39 is 17.6 Å². The highest BCUT2D eigenvalue weighted by Gasteiger charge is 2.31. The molecule has 0 unspecified atom stereocenters. The smallest absolute Gasteiger partial charge is 0.416 e. The zero-order valence-electron chi connectivity index (χ0n) is 21.9. The van der Waals surface area contributed by atoms with Crippen LogP contribution in [0.3, 0.4) is 0 Å². The molecular weight excluding hydrogens is 543 g/mol. The van der Waals surface area contributed by atoms with Gasteiger partial charge in [0.15, 0.2) is 11.5 Å². The molecule has 0 atom stereocenters. The molecule has 0 saturated carbocycles. The fourth-order valence-electron chi connectivity index (χ4n) is 4.13. The lowest BCUT2D eigenvalue weighted by molar-refractivity contribution is -0.137. The third kappa shape index (κ3) is 7.48. The average molecular weight is 570 g/mol. The highest BCUT2D eigenvalue weighted by atomic mass is 35.5. The van der Waals surface area contributed by atoms with Crippen molar-refractivity contribution in [2.75, 3.05) is 20.8 Å². The number of benzene rings is 4. The molecule has 0 spiro atoms. The van der Waals surface area contributed by atoms with E-state index in [1.54, 1.807) is 48.5 Å². The quantitative estimate of drug-likeness (QED) is 0.194. The molecule has 4 rings (SSSR count). The SMILES string of the molecule is COc1ccc(CCN(Cc2cccc(Oc3ccc(Cl)cc3)c2)C(=O)c2cccc(C(F)(F)F)c2)cc1OC. The Labute approximate surface area is 235 Å². The number of carbonyl (C=O) groups is 1. The van der Waals surface area contributed by atoms with Crippen LogP contribution in [0, 0.1) is 0 Å². The molecule has 0 radical (unpaired) electrons.